The van der Waals surface area contributed by atoms with Crippen molar-refractivity contribution in [3.63, 3.8) is 0 Å². The summed E-state index contributed by atoms with van der Waals surface area (Å²) in [5.74, 6) is 0.148. The van der Waals surface area contributed by atoms with Gasteiger partial charge in [-0.05, 0) is 76.1 Å². The van der Waals surface area contributed by atoms with Crippen LogP contribution in [0.2, 0.25) is 0 Å². The largest absolute Gasteiger partial charge is 0.497 e. The van der Waals surface area contributed by atoms with Crippen LogP contribution in [0.25, 0.3) is 0 Å². The van der Waals surface area contributed by atoms with Gasteiger partial charge in [0.25, 0.3) is 10.0 Å². The van der Waals surface area contributed by atoms with Crippen LogP contribution in [-0.4, -0.2) is 57.5 Å². The van der Waals surface area contributed by atoms with Crippen molar-refractivity contribution in [3.05, 3.63) is 83.9 Å². The van der Waals surface area contributed by atoms with Crippen LogP contribution in [0.15, 0.2) is 77.7 Å². The number of carbonyl (C=O) groups excluding carboxylic acids is 2. The van der Waals surface area contributed by atoms with Crippen LogP contribution in [0.4, 0.5) is 5.69 Å². The molecular weight excluding hydrogens is 554 g/mol. The molecule has 2 amide bonds. The van der Waals surface area contributed by atoms with Crippen LogP contribution >= 0.6 is 0 Å². The molecule has 0 radical (unpaired) electrons. The molecule has 3 aromatic carbocycles. The number of anilines is 1. The first-order chi connectivity index (χ1) is 20.0. The Balaban J connectivity index is 2.11. The van der Waals surface area contributed by atoms with Crippen molar-refractivity contribution in [1.29, 1.82) is 0 Å². The van der Waals surface area contributed by atoms with Gasteiger partial charge in [-0.25, -0.2) is 8.42 Å². The Labute approximate surface area is 249 Å². The number of sulfonamides is 1. The minimum atomic E-state index is -4.21. The molecule has 10 heteroatoms. The molecule has 1 N–H and O–H groups in total. The van der Waals surface area contributed by atoms with Gasteiger partial charge in [-0.3, -0.25) is 13.9 Å². The Kier molecular flexibility index (Phi) is 11.4. The van der Waals surface area contributed by atoms with Gasteiger partial charge in [0, 0.05) is 12.6 Å². The Hall–Kier alpha value is -4.05. The quantitative estimate of drug-likeness (QED) is 0.283. The van der Waals surface area contributed by atoms with Crippen LogP contribution in [-0.2, 0) is 26.2 Å². The summed E-state index contributed by atoms with van der Waals surface area (Å²) in [6, 6.07) is 19.4. The molecule has 42 heavy (non-hydrogen) atoms. The summed E-state index contributed by atoms with van der Waals surface area (Å²) in [6.07, 6.45) is 0.334. The third-order valence-electron chi connectivity index (χ3n) is 6.65. The number of carbonyl (C=O) groups is 2. The normalized spacial score (nSPS) is 12.0. The van der Waals surface area contributed by atoms with E-state index in [1.165, 1.54) is 17.0 Å². The molecular formula is C32H41N3O6S. The Bertz CT molecular complexity index is 1440. The number of methoxy groups -OCH3 is 1. The number of para-hydroxylation sites is 2. The van der Waals surface area contributed by atoms with Gasteiger partial charge in [-0.1, -0.05) is 48.9 Å². The second-order valence-electron chi connectivity index (χ2n) is 10.2. The van der Waals surface area contributed by atoms with E-state index in [1.54, 1.807) is 62.6 Å². The smallest absolute Gasteiger partial charge is 0.264 e. The first kappa shape index (κ1) is 32.5. The topological polar surface area (TPSA) is 105 Å². The van der Waals surface area contributed by atoms with Crippen LogP contribution in [0, 0.1) is 6.92 Å². The number of nitrogens with one attached hydrogen (secondary N) is 1. The zero-order chi connectivity index (χ0) is 30.9. The fourth-order valence-electron chi connectivity index (χ4n) is 4.52. The number of hydrogen-bond acceptors (Lipinski definition) is 6. The minimum absolute atomic E-state index is 0.0403. The van der Waals surface area contributed by atoms with E-state index in [9.17, 15) is 18.0 Å². The molecule has 1 atom stereocenters. The van der Waals surface area contributed by atoms with Crippen molar-refractivity contribution in [1.82, 2.24) is 10.2 Å². The van der Waals surface area contributed by atoms with Gasteiger partial charge in [-0.2, -0.15) is 0 Å². The summed E-state index contributed by atoms with van der Waals surface area (Å²) < 4.78 is 40.3. The van der Waals surface area contributed by atoms with Gasteiger partial charge in [0.2, 0.25) is 11.8 Å². The Morgan fingerprint density at radius 2 is 1.57 bits per heavy atom. The highest BCUT2D eigenvalue weighted by atomic mass is 32.2. The molecule has 3 aromatic rings. The molecule has 0 aliphatic heterocycles. The van der Waals surface area contributed by atoms with E-state index in [0.717, 1.165) is 15.4 Å². The van der Waals surface area contributed by atoms with Crippen LogP contribution < -0.4 is 19.1 Å². The van der Waals surface area contributed by atoms with E-state index in [0.29, 0.717) is 24.5 Å². The number of nitrogens with zero attached hydrogens (tertiary/aromatic N) is 2. The van der Waals surface area contributed by atoms with E-state index < -0.39 is 28.5 Å². The maximum Gasteiger partial charge on any atom is 0.264 e. The summed E-state index contributed by atoms with van der Waals surface area (Å²) in [6.45, 7) is 9.05. The molecule has 9 nitrogen and oxygen atoms in total. The summed E-state index contributed by atoms with van der Waals surface area (Å²) in [5.41, 5.74) is 1.90. The van der Waals surface area contributed by atoms with E-state index in [2.05, 4.69) is 5.32 Å². The highest BCUT2D eigenvalue weighted by Crippen LogP contribution is 2.33. The Morgan fingerprint density at radius 1 is 0.929 bits per heavy atom. The monoisotopic (exact) mass is 595 g/mol. The van der Waals surface area contributed by atoms with Crippen LogP contribution in [0.1, 0.15) is 45.2 Å². The molecule has 3 rings (SSSR count). The van der Waals surface area contributed by atoms with Crippen LogP contribution in [0.5, 0.6) is 11.5 Å². The summed E-state index contributed by atoms with van der Waals surface area (Å²) in [5, 5.41) is 2.90. The standard InChI is InChI=1S/C32H41N3O6S/c1-7-28(32(37)33-23(3)4)34(21-25-15-17-26(40-6)18-16-25)31(36)22-35(29-11-9-10-12-30(29)41-8-2)42(38,39)27-19-13-24(5)14-20-27/h9-20,23,28H,7-8,21-22H2,1-6H3,(H,33,37). The number of ether oxygens (including phenoxy) is 2. The van der Waals surface area contributed by atoms with Gasteiger partial charge in [-0.15, -0.1) is 0 Å². The van der Waals surface area contributed by atoms with Crippen molar-refractivity contribution in [2.45, 2.75) is 64.6 Å². The molecule has 0 spiro atoms. The number of benzene rings is 3. The molecule has 0 heterocycles. The fraction of sp³-hybridized carbons (Fsp3) is 0.375. The molecule has 0 aromatic heterocycles. The van der Waals surface area contributed by atoms with Gasteiger partial charge >= 0.3 is 0 Å². The number of rotatable bonds is 14. The SMILES string of the molecule is CCOc1ccccc1N(CC(=O)N(Cc1ccc(OC)cc1)C(CC)C(=O)NC(C)C)S(=O)(=O)c1ccc(C)cc1. The average Bonchev–Trinajstić information content (AvgIpc) is 2.96. The second-order valence-corrected chi connectivity index (χ2v) is 12.0. The van der Waals surface area contributed by atoms with Crippen molar-refractivity contribution < 1.29 is 27.5 Å². The third-order valence-corrected chi connectivity index (χ3v) is 8.42. The summed E-state index contributed by atoms with van der Waals surface area (Å²) in [7, 11) is -2.64. The average molecular weight is 596 g/mol. The molecule has 226 valence electrons. The zero-order valence-corrected chi connectivity index (χ0v) is 26.0. The molecule has 0 fully saturated rings. The summed E-state index contributed by atoms with van der Waals surface area (Å²) >= 11 is 0. The molecule has 0 bridgehead atoms. The van der Waals surface area contributed by atoms with E-state index in [1.807, 2.05) is 39.8 Å². The molecule has 0 saturated carbocycles. The number of amides is 2. The predicted octanol–water partition coefficient (Wildman–Crippen LogP) is 4.93. The molecule has 0 aliphatic carbocycles. The maximum absolute atomic E-state index is 14.2. The van der Waals surface area contributed by atoms with Crippen molar-refractivity contribution >= 4 is 27.5 Å². The van der Waals surface area contributed by atoms with E-state index >= 15 is 0 Å². The molecule has 0 saturated heterocycles. The fourth-order valence-corrected chi connectivity index (χ4v) is 5.94. The van der Waals surface area contributed by atoms with Gasteiger partial charge in [0.15, 0.2) is 0 Å². The number of aryl methyl sites for hydroxylation is 1. The van der Waals surface area contributed by atoms with Gasteiger partial charge < -0.3 is 19.7 Å². The van der Waals surface area contributed by atoms with E-state index in [4.69, 9.17) is 9.47 Å². The van der Waals surface area contributed by atoms with Crippen molar-refractivity contribution in [2.75, 3.05) is 24.6 Å². The van der Waals surface area contributed by atoms with Gasteiger partial charge in [0.05, 0.1) is 24.3 Å². The first-order valence-electron chi connectivity index (χ1n) is 14.1. The lowest BCUT2D eigenvalue weighted by atomic mass is 10.1. The van der Waals surface area contributed by atoms with Gasteiger partial charge in [0.1, 0.15) is 24.1 Å². The van der Waals surface area contributed by atoms with E-state index in [-0.39, 0.29) is 29.1 Å². The second kappa shape index (κ2) is 14.7. The van der Waals surface area contributed by atoms with Crippen molar-refractivity contribution in [2.24, 2.45) is 0 Å². The Morgan fingerprint density at radius 3 is 2.14 bits per heavy atom. The highest BCUT2D eigenvalue weighted by Gasteiger charge is 2.34. The maximum atomic E-state index is 14.2. The van der Waals surface area contributed by atoms with Crippen LogP contribution in [0.3, 0.4) is 0 Å². The lowest BCUT2D eigenvalue weighted by Crippen LogP contribution is -2.53. The third kappa shape index (κ3) is 8.03. The summed E-state index contributed by atoms with van der Waals surface area (Å²) in [4.78, 5) is 29.0. The lowest BCUT2D eigenvalue weighted by Gasteiger charge is -2.34. The highest BCUT2D eigenvalue weighted by molar-refractivity contribution is 7.92. The minimum Gasteiger partial charge on any atom is -0.497 e. The lowest BCUT2D eigenvalue weighted by molar-refractivity contribution is -0.140. The zero-order valence-electron chi connectivity index (χ0n) is 25.2. The number of hydrogen-bond donors (Lipinski definition) is 1. The molecule has 0 aliphatic rings. The molecule has 1 unspecified atom stereocenters. The van der Waals surface area contributed by atoms with Crippen molar-refractivity contribution in [3.8, 4) is 11.5 Å². The predicted molar refractivity (Wildman–Crippen MR) is 164 cm³/mol. The first-order valence-corrected chi connectivity index (χ1v) is 15.5.